The Bertz CT molecular complexity index is 623. The maximum Gasteiger partial charge on any atom is 0.308 e. The van der Waals surface area contributed by atoms with E-state index in [1.165, 1.54) is 0 Å². The fraction of sp³-hybridized carbons (Fsp3) is 0.895. The molecule has 0 aromatic rings. The van der Waals surface area contributed by atoms with Crippen LogP contribution in [-0.2, 0) is 33.6 Å². The Morgan fingerprint density at radius 2 is 1.89 bits per heavy atom. The molecule has 27 heavy (non-hydrogen) atoms. The highest BCUT2D eigenvalue weighted by Crippen LogP contribution is 2.60. The first kappa shape index (κ1) is 19.1. The van der Waals surface area contributed by atoms with Crippen LogP contribution in [0, 0.1) is 23.7 Å². The van der Waals surface area contributed by atoms with E-state index in [0.29, 0.717) is 12.3 Å². The van der Waals surface area contributed by atoms with Crippen LogP contribution < -0.4 is 0 Å². The highest BCUT2D eigenvalue weighted by Gasteiger charge is 2.69. The zero-order valence-corrected chi connectivity index (χ0v) is 16.0. The molecule has 8 atom stereocenters. The Kier molecular flexibility index (Phi) is 4.73. The van der Waals surface area contributed by atoms with Crippen LogP contribution in [-0.4, -0.2) is 41.0 Å². The normalized spacial score (nSPS) is 48.4. The summed E-state index contributed by atoms with van der Waals surface area (Å²) in [6, 6.07) is 0. The van der Waals surface area contributed by atoms with E-state index in [4.69, 9.17) is 29.1 Å². The first-order valence-electron chi connectivity index (χ1n) is 9.86. The summed E-state index contributed by atoms with van der Waals surface area (Å²) in [5.41, 5.74) is -0.697. The van der Waals surface area contributed by atoms with E-state index in [1.807, 2.05) is 13.8 Å². The van der Waals surface area contributed by atoms with Crippen molar-refractivity contribution in [1.82, 2.24) is 0 Å². The van der Waals surface area contributed by atoms with Crippen LogP contribution in [0.2, 0.25) is 0 Å². The van der Waals surface area contributed by atoms with Crippen LogP contribution in [0.15, 0.2) is 0 Å². The second kappa shape index (κ2) is 6.69. The van der Waals surface area contributed by atoms with Crippen molar-refractivity contribution in [3.63, 3.8) is 0 Å². The number of ether oxygens (including phenoxy) is 3. The predicted octanol–water partition coefficient (Wildman–Crippen LogP) is 2.60. The van der Waals surface area contributed by atoms with Crippen molar-refractivity contribution in [3.8, 4) is 0 Å². The monoisotopic (exact) mass is 384 g/mol. The summed E-state index contributed by atoms with van der Waals surface area (Å²) in [5, 5.41) is 8.76. The first-order chi connectivity index (χ1) is 12.7. The summed E-state index contributed by atoms with van der Waals surface area (Å²) in [7, 11) is 0. The molecule has 2 bridgehead atoms. The van der Waals surface area contributed by atoms with E-state index in [1.54, 1.807) is 0 Å². The van der Waals surface area contributed by atoms with Crippen LogP contribution >= 0.6 is 0 Å². The van der Waals surface area contributed by atoms with Gasteiger partial charge in [0.05, 0.1) is 12.8 Å². The molecule has 0 amide bonds. The fourth-order valence-corrected chi connectivity index (χ4v) is 5.40. The molecule has 1 spiro atoms. The highest BCUT2D eigenvalue weighted by atomic mass is 17.3. The molecule has 5 fully saturated rings. The van der Waals surface area contributed by atoms with Gasteiger partial charge in [0.15, 0.2) is 11.9 Å². The molecule has 4 aliphatic heterocycles. The van der Waals surface area contributed by atoms with Gasteiger partial charge < -0.3 is 19.3 Å². The number of carbonyl (C=O) groups is 2. The van der Waals surface area contributed by atoms with E-state index in [9.17, 15) is 9.59 Å². The number of carboxylic acid groups (broad SMARTS) is 1. The van der Waals surface area contributed by atoms with Crippen molar-refractivity contribution in [2.45, 2.75) is 83.3 Å². The van der Waals surface area contributed by atoms with Gasteiger partial charge in [-0.3, -0.25) is 9.59 Å². The van der Waals surface area contributed by atoms with Gasteiger partial charge in [-0.1, -0.05) is 13.8 Å². The Hall–Kier alpha value is -1.22. The largest absolute Gasteiger partial charge is 0.481 e. The van der Waals surface area contributed by atoms with E-state index in [2.05, 4.69) is 6.92 Å². The van der Waals surface area contributed by atoms with Crippen molar-refractivity contribution in [2.24, 2.45) is 23.7 Å². The first-order valence-corrected chi connectivity index (χ1v) is 9.86. The number of fused-ring (bicyclic) bond motifs is 2. The van der Waals surface area contributed by atoms with Gasteiger partial charge >= 0.3 is 11.9 Å². The summed E-state index contributed by atoms with van der Waals surface area (Å²) < 4.78 is 17.8. The minimum absolute atomic E-state index is 0.0670. The number of hydrogen-bond donors (Lipinski definition) is 1. The zero-order valence-electron chi connectivity index (χ0n) is 16.0. The van der Waals surface area contributed by atoms with E-state index >= 15 is 0 Å². The van der Waals surface area contributed by atoms with Crippen LogP contribution in [0.1, 0.15) is 59.3 Å². The molecule has 5 aliphatic rings. The molecule has 1 saturated carbocycles. The standard InChI is InChI=1S/C19H28O8/c1-10-4-5-13-11(2)16(23-15(22)7-6-14(20)21)24-17-19(13)12(10)8-9-18(3,25-17)26-27-19/h10-13,16-17H,4-9H2,1-3H3,(H,20,21)/t10-,11-,12+,13+,16?,17?,18+,19?/m1/s1. The SMILES string of the molecule is C[C@@H]1CC[C@H]2[C@@H](C)C(OC(=O)CCC(=O)O)OC3O[C@]4(C)CC[C@@H]1C32OO4. The molecule has 8 nitrogen and oxygen atoms in total. The summed E-state index contributed by atoms with van der Waals surface area (Å²) in [5.74, 6) is -1.82. The van der Waals surface area contributed by atoms with Crippen molar-refractivity contribution in [2.75, 3.05) is 0 Å². The minimum Gasteiger partial charge on any atom is -0.481 e. The van der Waals surface area contributed by atoms with Gasteiger partial charge in [0.25, 0.3) is 0 Å². The lowest BCUT2D eigenvalue weighted by Gasteiger charge is -2.59. The van der Waals surface area contributed by atoms with Gasteiger partial charge in [-0.25, -0.2) is 9.78 Å². The number of aliphatic carboxylic acids is 1. The lowest BCUT2D eigenvalue weighted by molar-refractivity contribution is -0.576. The fourth-order valence-electron chi connectivity index (χ4n) is 5.40. The number of esters is 1. The van der Waals surface area contributed by atoms with Gasteiger partial charge in [-0.15, -0.1) is 0 Å². The molecule has 0 radical (unpaired) electrons. The van der Waals surface area contributed by atoms with E-state index < -0.39 is 35.9 Å². The van der Waals surface area contributed by atoms with Gasteiger partial charge in [0, 0.05) is 18.3 Å². The molecular formula is C19H28O8. The van der Waals surface area contributed by atoms with Gasteiger partial charge in [-0.2, -0.15) is 0 Å². The lowest BCUT2D eigenvalue weighted by Crippen LogP contribution is -2.70. The molecular weight excluding hydrogens is 356 g/mol. The maximum atomic E-state index is 12.1. The number of carboxylic acids is 1. The van der Waals surface area contributed by atoms with E-state index in [-0.39, 0.29) is 30.6 Å². The van der Waals surface area contributed by atoms with Crippen LogP contribution in [0.5, 0.6) is 0 Å². The third kappa shape index (κ3) is 3.06. The summed E-state index contributed by atoms with van der Waals surface area (Å²) in [4.78, 5) is 34.5. The second-order valence-electron chi connectivity index (χ2n) is 8.66. The van der Waals surface area contributed by atoms with Gasteiger partial charge in [0.1, 0.15) is 0 Å². The minimum atomic E-state index is -1.03. The van der Waals surface area contributed by atoms with E-state index in [0.717, 1.165) is 19.3 Å². The zero-order chi connectivity index (χ0) is 19.4. The topological polar surface area (TPSA) is 101 Å². The predicted molar refractivity (Wildman–Crippen MR) is 89.8 cm³/mol. The molecule has 1 aliphatic carbocycles. The Labute approximate surface area is 158 Å². The molecule has 152 valence electrons. The number of rotatable bonds is 4. The quantitative estimate of drug-likeness (QED) is 0.583. The molecule has 1 N–H and O–H groups in total. The van der Waals surface area contributed by atoms with Crippen molar-refractivity contribution in [1.29, 1.82) is 0 Å². The lowest BCUT2D eigenvalue weighted by atomic mass is 9.58. The molecule has 3 unspecified atom stereocenters. The number of hydrogen-bond acceptors (Lipinski definition) is 7. The van der Waals surface area contributed by atoms with Gasteiger partial charge in [-0.05, 0) is 38.0 Å². The van der Waals surface area contributed by atoms with Crippen molar-refractivity contribution in [3.05, 3.63) is 0 Å². The van der Waals surface area contributed by atoms with Crippen LogP contribution in [0.4, 0.5) is 0 Å². The third-order valence-electron chi connectivity index (χ3n) is 6.89. The second-order valence-corrected chi connectivity index (χ2v) is 8.66. The smallest absolute Gasteiger partial charge is 0.308 e. The Morgan fingerprint density at radius 3 is 2.63 bits per heavy atom. The van der Waals surface area contributed by atoms with Crippen LogP contribution in [0.3, 0.4) is 0 Å². The summed E-state index contributed by atoms with van der Waals surface area (Å²) in [6.07, 6.45) is 1.72. The average molecular weight is 384 g/mol. The molecule has 0 aromatic heterocycles. The molecule has 5 rings (SSSR count). The summed E-state index contributed by atoms with van der Waals surface area (Å²) >= 11 is 0. The van der Waals surface area contributed by atoms with Crippen molar-refractivity contribution < 1.29 is 38.7 Å². The highest BCUT2D eigenvalue weighted by molar-refractivity contribution is 5.76. The average Bonchev–Trinajstić information content (AvgIpc) is 2.84. The maximum absolute atomic E-state index is 12.1. The Morgan fingerprint density at radius 1 is 1.11 bits per heavy atom. The third-order valence-corrected chi connectivity index (χ3v) is 6.89. The molecule has 0 aromatic carbocycles. The molecule has 4 heterocycles. The Balaban J connectivity index is 1.58. The molecule has 4 saturated heterocycles. The summed E-state index contributed by atoms with van der Waals surface area (Å²) in [6.45, 7) is 6.06. The molecule has 8 heteroatoms. The number of carbonyl (C=O) groups excluding carboxylic acids is 1. The van der Waals surface area contributed by atoms with Gasteiger partial charge in [0.2, 0.25) is 12.1 Å². The van der Waals surface area contributed by atoms with Crippen molar-refractivity contribution >= 4 is 11.9 Å². The van der Waals surface area contributed by atoms with Crippen LogP contribution in [0.25, 0.3) is 0 Å².